The largest absolute Gasteiger partial charge is 0.366 e. The number of aromatic nitrogens is 1. The summed E-state index contributed by atoms with van der Waals surface area (Å²) in [5.74, 6) is -0.255. The van der Waals surface area contributed by atoms with Crippen LogP contribution in [-0.4, -0.2) is 24.1 Å². The lowest BCUT2D eigenvalue weighted by Crippen LogP contribution is -2.43. The van der Waals surface area contributed by atoms with Gasteiger partial charge in [0.25, 0.3) is 0 Å². The minimum absolute atomic E-state index is 0.183. The Labute approximate surface area is 76.7 Å². The average molecular weight is 183 g/mol. The molecule has 0 bridgehead atoms. The van der Waals surface area contributed by atoms with Crippen molar-refractivity contribution in [3.63, 3.8) is 0 Å². The third-order valence-electron chi connectivity index (χ3n) is 2.47. The van der Waals surface area contributed by atoms with Crippen molar-refractivity contribution in [2.24, 2.45) is 5.73 Å². The van der Waals surface area contributed by atoms with E-state index in [4.69, 9.17) is 5.73 Å². The van der Waals surface area contributed by atoms with Crippen molar-refractivity contribution in [2.75, 3.05) is 18.0 Å². The molecule has 1 fully saturated rings. The Balaban J connectivity index is 2.12. The summed E-state index contributed by atoms with van der Waals surface area (Å²) in [4.78, 5) is 4.53. The number of aromatic amines is 1. The molecule has 4 heteroatoms. The molecule has 2 heterocycles. The van der Waals surface area contributed by atoms with Gasteiger partial charge in [0.05, 0.1) is 5.69 Å². The van der Waals surface area contributed by atoms with Crippen molar-refractivity contribution in [1.82, 2.24) is 4.98 Å². The van der Waals surface area contributed by atoms with Gasteiger partial charge in [0.2, 0.25) is 5.95 Å². The lowest BCUT2D eigenvalue weighted by molar-refractivity contribution is 0.495. The fraction of sp³-hybridized carbons (Fsp3) is 0.556. The lowest BCUT2D eigenvalue weighted by atomic mass is 10.1. The summed E-state index contributed by atoms with van der Waals surface area (Å²) in [6.45, 7) is 1.66. The number of anilines is 1. The molecule has 1 aromatic heterocycles. The Kier molecular flexibility index (Phi) is 2.22. The van der Waals surface area contributed by atoms with Gasteiger partial charge in [0, 0.05) is 25.3 Å². The molecule has 0 aliphatic carbocycles. The zero-order valence-corrected chi connectivity index (χ0v) is 7.46. The van der Waals surface area contributed by atoms with Crippen LogP contribution in [0.1, 0.15) is 12.8 Å². The molecule has 0 amide bonds. The van der Waals surface area contributed by atoms with Crippen LogP contribution in [0.5, 0.6) is 0 Å². The van der Waals surface area contributed by atoms with Crippen LogP contribution < -0.4 is 10.6 Å². The van der Waals surface area contributed by atoms with Gasteiger partial charge >= 0.3 is 0 Å². The second kappa shape index (κ2) is 3.38. The first kappa shape index (κ1) is 8.56. The van der Waals surface area contributed by atoms with Gasteiger partial charge in [-0.05, 0) is 18.9 Å². The topological polar surface area (TPSA) is 45.0 Å². The highest BCUT2D eigenvalue weighted by atomic mass is 19.1. The van der Waals surface area contributed by atoms with Crippen LogP contribution in [0.25, 0.3) is 0 Å². The molecular formula is C9H14FN3. The van der Waals surface area contributed by atoms with Crippen molar-refractivity contribution in [1.29, 1.82) is 0 Å². The van der Waals surface area contributed by atoms with Crippen LogP contribution >= 0.6 is 0 Å². The van der Waals surface area contributed by atoms with Crippen molar-refractivity contribution in [2.45, 2.75) is 18.9 Å². The number of rotatable bonds is 1. The Morgan fingerprint density at radius 3 is 3.08 bits per heavy atom. The molecule has 1 aromatic rings. The first-order valence-electron chi connectivity index (χ1n) is 4.61. The van der Waals surface area contributed by atoms with E-state index in [-0.39, 0.29) is 12.0 Å². The number of hydrogen-bond acceptors (Lipinski definition) is 2. The molecule has 3 nitrogen and oxygen atoms in total. The zero-order valence-electron chi connectivity index (χ0n) is 7.46. The molecule has 13 heavy (non-hydrogen) atoms. The summed E-state index contributed by atoms with van der Waals surface area (Å²) in [6.07, 6.45) is 3.71. The van der Waals surface area contributed by atoms with E-state index in [0.717, 1.165) is 25.9 Å². The predicted molar refractivity (Wildman–Crippen MR) is 50.2 cm³/mol. The lowest BCUT2D eigenvalue weighted by Gasteiger charge is -2.31. The number of halogens is 1. The van der Waals surface area contributed by atoms with Gasteiger partial charge in [-0.1, -0.05) is 0 Å². The van der Waals surface area contributed by atoms with Gasteiger partial charge in [-0.25, -0.2) is 0 Å². The van der Waals surface area contributed by atoms with E-state index >= 15 is 0 Å². The Hall–Kier alpha value is -1.03. The Morgan fingerprint density at radius 2 is 2.46 bits per heavy atom. The van der Waals surface area contributed by atoms with Crippen LogP contribution in [0.3, 0.4) is 0 Å². The van der Waals surface area contributed by atoms with E-state index in [1.807, 2.05) is 4.90 Å². The molecule has 1 atom stereocenters. The summed E-state index contributed by atoms with van der Waals surface area (Å²) in [6, 6.07) is 1.94. The van der Waals surface area contributed by atoms with Crippen LogP contribution in [0.15, 0.2) is 12.3 Å². The zero-order chi connectivity index (χ0) is 9.26. The molecule has 0 aromatic carbocycles. The third-order valence-corrected chi connectivity index (χ3v) is 2.47. The van der Waals surface area contributed by atoms with Gasteiger partial charge in [-0.2, -0.15) is 4.39 Å². The van der Waals surface area contributed by atoms with E-state index in [0.29, 0.717) is 5.69 Å². The summed E-state index contributed by atoms with van der Waals surface area (Å²) >= 11 is 0. The monoisotopic (exact) mass is 183 g/mol. The Morgan fingerprint density at radius 1 is 1.62 bits per heavy atom. The smallest absolute Gasteiger partial charge is 0.214 e. The standard InChI is InChI=1S/C9H14FN3/c10-9-8(3-4-12-9)13-5-1-2-7(11)6-13/h3-4,7,12H,1-2,5-6,11H2/t7-/m1/s1. The molecule has 1 saturated heterocycles. The van der Waals surface area contributed by atoms with Crippen molar-refractivity contribution in [3.8, 4) is 0 Å². The normalized spacial score (nSPS) is 23.5. The fourth-order valence-electron chi connectivity index (χ4n) is 1.81. The van der Waals surface area contributed by atoms with Crippen molar-refractivity contribution >= 4 is 5.69 Å². The molecule has 0 saturated carbocycles. The molecule has 1 aliphatic heterocycles. The quantitative estimate of drug-likeness (QED) is 0.684. The van der Waals surface area contributed by atoms with Crippen LogP contribution in [0.4, 0.5) is 10.1 Å². The highest BCUT2D eigenvalue weighted by Crippen LogP contribution is 2.21. The van der Waals surface area contributed by atoms with Crippen molar-refractivity contribution < 1.29 is 4.39 Å². The molecule has 1 aliphatic rings. The molecule has 0 unspecified atom stereocenters. The fourth-order valence-corrected chi connectivity index (χ4v) is 1.81. The Bertz CT molecular complexity index is 284. The second-order valence-electron chi connectivity index (χ2n) is 3.53. The second-order valence-corrected chi connectivity index (χ2v) is 3.53. The number of H-pyrrole nitrogens is 1. The number of nitrogens with two attached hydrogens (primary N) is 1. The van der Waals surface area contributed by atoms with Crippen LogP contribution in [-0.2, 0) is 0 Å². The molecule has 2 rings (SSSR count). The maximum absolute atomic E-state index is 13.1. The minimum Gasteiger partial charge on any atom is -0.366 e. The van der Waals surface area contributed by atoms with E-state index in [1.54, 1.807) is 12.3 Å². The first-order chi connectivity index (χ1) is 6.27. The van der Waals surface area contributed by atoms with Crippen LogP contribution in [0.2, 0.25) is 0 Å². The predicted octanol–water partition coefficient (Wildman–Crippen LogP) is 1.08. The molecule has 3 N–H and O–H groups in total. The van der Waals surface area contributed by atoms with E-state index < -0.39 is 0 Å². The van der Waals surface area contributed by atoms with Crippen molar-refractivity contribution in [3.05, 3.63) is 18.2 Å². The minimum atomic E-state index is -0.255. The third kappa shape index (κ3) is 1.67. The SMILES string of the molecule is N[C@@H]1CCCN(c2cc[nH]c2F)C1. The maximum atomic E-state index is 13.1. The van der Waals surface area contributed by atoms with Gasteiger partial charge in [0.15, 0.2) is 0 Å². The summed E-state index contributed by atoms with van der Waals surface area (Å²) < 4.78 is 13.1. The van der Waals surface area contributed by atoms with Gasteiger partial charge in [0.1, 0.15) is 0 Å². The maximum Gasteiger partial charge on any atom is 0.214 e. The first-order valence-corrected chi connectivity index (χ1v) is 4.61. The number of nitrogens with zero attached hydrogens (tertiary/aromatic N) is 1. The van der Waals surface area contributed by atoms with Crippen LogP contribution in [0, 0.1) is 5.95 Å². The highest BCUT2D eigenvalue weighted by molar-refractivity contribution is 5.46. The van der Waals surface area contributed by atoms with Gasteiger partial charge in [-0.3, -0.25) is 0 Å². The number of nitrogens with one attached hydrogen (secondary N) is 1. The molecule has 0 radical (unpaired) electrons. The van der Waals surface area contributed by atoms with E-state index in [2.05, 4.69) is 4.98 Å². The van der Waals surface area contributed by atoms with E-state index in [9.17, 15) is 4.39 Å². The number of hydrogen-bond donors (Lipinski definition) is 2. The number of piperidine rings is 1. The molecule has 72 valence electrons. The summed E-state index contributed by atoms with van der Waals surface area (Å²) in [5.41, 5.74) is 6.46. The highest BCUT2D eigenvalue weighted by Gasteiger charge is 2.19. The summed E-state index contributed by atoms with van der Waals surface area (Å²) in [5, 5.41) is 0. The molecular weight excluding hydrogens is 169 g/mol. The average Bonchev–Trinajstić information content (AvgIpc) is 2.51. The molecule has 0 spiro atoms. The van der Waals surface area contributed by atoms with E-state index in [1.165, 1.54) is 0 Å². The summed E-state index contributed by atoms with van der Waals surface area (Å²) in [7, 11) is 0. The van der Waals surface area contributed by atoms with Gasteiger partial charge in [-0.15, -0.1) is 0 Å². The van der Waals surface area contributed by atoms with Gasteiger partial charge < -0.3 is 15.6 Å².